The molecular weight excluding hydrogens is 260 g/mol. The van der Waals surface area contributed by atoms with E-state index in [2.05, 4.69) is 13.5 Å². The first-order valence-corrected chi connectivity index (χ1v) is 4.20. The molecule has 4 N–H and O–H groups in total. The maximum atomic E-state index is 10.4. The van der Waals surface area contributed by atoms with Crippen LogP contribution in [0.4, 0.5) is 0 Å². The summed E-state index contributed by atoms with van der Waals surface area (Å²) in [6, 6.07) is 6.64. The molecule has 1 aromatic rings. The van der Waals surface area contributed by atoms with E-state index in [4.69, 9.17) is 15.9 Å². The molecule has 0 spiro atoms. The van der Waals surface area contributed by atoms with E-state index in [-0.39, 0.29) is 37.3 Å². The second kappa shape index (κ2) is 8.95. The topological polar surface area (TPSA) is 83.5 Å². The van der Waals surface area contributed by atoms with E-state index in [9.17, 15) is 4.79 Å². The molecule has 0 aliphatic rings. The van der Waals surface area contributed by atoms with E-state index >= 15 is 0 Å². The van der Waals surface area contributed by atoms with Gasteiger partial charge in [0.1, 0.15) is 5.56 Å². The largest absolute Gasteiger partial charge is 0.512 e. The van der Waals surface area contributed by atoms with Crippen LogP contribution in [0.25, 0.3) is 0 Å². The first kappa shape index (κ1) is 17.1. The Balaban J connectivity index is 0. The molecule has 0 saturated heterocycles. The van der Waals surface area contributed by atoms with Crippen LogP contribution in [0, 0.1) is 6.92 Å². The van der Waals surface area contributed by atoms with Crippen LogP contribution in [0.15, 0.2) is 36.6 Å². The summed E-state index contributed by atoms with van der Waals surface area (Å²) in [7, 11) is 0. The monoisotopic (exact) mass is 272 g/mol. The van der Waals surface area contributed by atoms with Crippen molar-refractivity contribution in [1.82, 2.24) is 0 Å². The van der Waals surface area contributed by atoms with Crippen LogP contribution in [0.2, 0.25) is 0 Å². The third-order valence-electron chi connectivity index (χ3n) is 1.48. The van der Waals surface area contributed by atoms with E-state index in [1.165, 1.54) is 6.07 Å². The number of hydrogen-bond acceptors (Lipinski definition) is 3. The number of rotatable bonds is 2. The Bertz CT molecular complexity index is 353. The first-order chi connectivity index (χ1) is 6.99. The van der Waals surface area contributed by atoms with Gasteiger partial charge in [0.15, 0.2) is 5.56 Å². The summed E-state index contributed by atoms with van der Waals surface area (Å²) in [6.45, 7) is 6.83. The molecule has 0 aliphatic carbocycles. The fourth-order valence-electron chi connectivity index (χ4n) is 0.729. The summed E-state index contributed by atoms with van der Waals surface area (Å²) in [6.07, 6.45) is 0. The zero-order valence-corrected chi connectivity index (χ0v) is 12.0. The van der Waals surface area contributed by atoms with Crippen LogP contribution < -0.4 is 5.73 Å². The minimum Gasteiger partial charge on any atom is -0.512 e. The summed E-state index contributed by atoms with van der Waals surface area (Å²) >= 11 is 0. The third kappa shape index (κ3) is 7.04. The van der Waals surface area contributed by atoms with Crippen LogP contribution in [0.1, 0.15) is 15.9 Å². The Morgan fingerprint density at radius 3 is 2.06 bits per heavy atom. The summed E-state index contributed by atoms with van der Waals surface area (Å²) in [5, 5.41) is 16.6. The van der Waals surface area contributed by atoms with Crippen LogP contribution in [0.5, 0.6) is 0 Å². The standard InChI is InChI=1S/C8H6O2.C3H7NO.Zn/c1-6-4-2-3-5-7(6)8(9)10;1-3(5)2-4;/h2-5H,1H2;5H,1-2,4H2;/p+1. The van der Waals surface area contributed by atoms with Crippen molar-refractivity contribution >= 4 is 5.97 Å². The molecule has 0 amide bonds. The normalized spacial score (nSPS) is 8.06. The van der Waals surface area contributed by atoms with Gasteiger partial charge >= 0.3 is 5.97 Å². The van der Waals surface area contributed by atoms with Crippen molar-refractivity contribution in [3.8, 4) is 0 Å². The maximum Gasteiger partial charge on any atom is 0.394 e. The SMILES string of the molecule is C=C(O)CN.[CH2+]c1ccccc1C(=O)O.[Zn]. The van der Waals surface area contributed by atoms with Crippen molar-refractivity contribution in [2.45, 2.75) is 0 Å². The number of hydrogen-bond donors (Lipinski definition) is 3. The van der Waals surface area contributed by atoms with Gasteiger partial charge in [-0.2, -0.15) is 0 Å². The van der Waals surface area contributed by atoms with Crippen LogP contribution in [-0.4, -0.2) is 22.7 Å². The molecular formula is C11H14NO3Zn+. The van der Waals surface area contributed by atoms with Gasteiger partial charge in [0.2, 0.25) is 0 Å². The second-order valence-electron chi connectivity index (χ2n) is 2.73. The van der Waals surface area contributed by atoms with Crippen molar-refractivity contribution in [2.24, 2.45) is 5.73 Å². The van der Waals surface area contributed by atoms with Gasteiger partial charge < -0.3 is 15.9 Å². The van der Waals surface area contributed by atoms with Gasteiger partial charge in [-0.3, -0.25) is 0 Å². The van der Waals surface area contributed by atoms with E-state index in [0.717, 1.165) is 0 Å². The molecule has 0 saturated carbocycles. The van der Waals surface area contributed by atoms with Gasteiger partial charge in [0.25, 0.3) is 0 Å². The Kier molecular flexibility index (Phi) is 9.56. The zero-order valence-electron chi connectivity index (χ0n) is 9.02. The number of carbonyl (C=O) groups is 1. The quantitative estimate of drug-likeness (QED) is 0.434. The smallest absolute Gasteiger partial charge is 0.394 e. The van der Waals surface area contributed by atoms with E-state index in [1.807, 2.05) is 0 Å². The predicted molar refractivity (Wildman–Crippen MR) is 58.7 cm³/mol. The number of benzene rings is 1. The molecule has 0 aliphatic heterocycles. The Labute approximate surface area is 108 Å². The van der Waals surface area contributed by atoms with Crippen molar-refractivity contribution in [2.75, 3.05) is 6.54 Å². The molecule has 0 fully saturated rings. The van der Waals surface area contributed by atoms with Gasteiger partial charge in [0.05, 0.1) is 12.3 Å². The number of nitrogens with two attached hydrogens (primary N) is 1. The fourth-order valence-corrected chi connectivity index (χ4v) is 0.729. The molecule has 1 aromatic carbocycles. The van der Waals surface area contributed by atoms with E-state index < -0.39 is 5.97 Å². The number of carboxylic acid groups (broad SMARTS) is 1. The summed E-state index contributed by atoms with van der Waals surface area (Å²) < 4.78 is 0. The minimum atomic E-state index is -0.925. The van der Waals surface area contributed by atoms with Gasteiger partial charge in [-0.15, -0.1) is 0 Å². The fraction of sp³-hybridized carbons (Fsp3) is 0.0909. The molecule has 0 atom stereocenters. The summed E-state index contributed by atoms with van der Waals surface area (Å²) in [5.41, 5.74) is 5.64. The molecule has 4 nitrogen and oxygen atoms in total. The van der Waals surface area contributed by atoms with Crippen molar-refractivity contribution in [1.29, 1.82) is 0 Å². The van der Waals surface area contributed by atoms with Gasteiger partial charge in [-0.25, -0.2) is 4.79 Å². The average molecular weight is 274 g/mol. The molecule has 0 aromatic heterocycles. The molecule has 0 radical (unpaired) electrons. The molecule has 0 bridgehead atoms. The molecule has 0 heterocycles. The molecule has 1 rings (SSSR count). The zero-order chi connectivity index (χ0) is 11.8. The third-order valence-corrected chi connectivity index (χ3v) is 1.48. The van der Waals surface area contributed by atoms with Gasteiger partial charge in [-0.1, -0.05) is 6.58 Å². The molecule has 16 heavy (non-hydrogen) atoms. The first-order valence-electron chi connectivity index (χ1n) is 4.20. The van der Waals surface area contributed by atoms with Gasteiger partial charge in [0, 0.05) is 38.5 Å². The van der Waals surface area contributed by atoms with Crippen molar-refractivity contribution in [3.05, 3.63) is 54.7 Å². The van der Waals surface area contributed by atoms with Crippen LogP contribution in [-0.2, 0) is 19.5 Å². The van der Waals surface area contributed by atoms with Crippen LogP contribution >= 0.6 is 0 Å². The van der Waals surface area contributed by atoms with Gasteiger partial charge in [-0.05, 0) is 12.1 Å². The number of carboxylic acids is 1. The summed E-state index contributed by atoms with van der Waals surface area (Å²) in [4.78, 5) is 10.4. The molecule has 5 heteroatoms. The van der Waals surface area contributed by atoms with Crippen molar-refractivity contribution < 1.29 is 34.5 Å². The van der Waals surface area contributed by atoms with Crippen LogP contribution in [0.3, 0.4) is 0 Å². The maximum absolute atomic E-state index is 10.4. The average Bonchev–Trinajstić information content (AvgIpc) is 2.19. The molecule has 82 valence electrons. The van der Waals surface area contributed by atoms with E-state index in [1.54, 1.807) is 18.2 Å². The predicted octanol–water partition coefficient (Wildman–Crippen LogP) is 1.58. The Hall–Kier alpha value is -1.32. The molecule has 0 unspecified atom stereocenters. The summed E-state index contributed by atoms with van der Waals surface area (Å²) in [5.74, 6) is -0.893. The number of aromatic carboxylic acids is 1. The Morgan fingerprint density at radius 1 is 1.38 bits per heavy atom. The number of aliphatic hydroxyl groups excluding tert-OH is 1. The minimum absolute atomic E-state index is 0. The van der Waals surface area contributed by atoms with E-state index in [0.29, 0.717) is 5.56 Å². The van der Waals surface area contributed by atoms with Crippen molar-refractivity contribution in [3.63, 3.8) is 0 Å². The second-order valence-corrected chi connectivity index (χ2v) is 2.73. The Morgan fingerprint density at radius 2 is 1.81 bits per heavy atom. The number of aliphatic hydroxyl groups is 1.